The highest BCUT2D eigenvalue weighted by atomic mass is 16.3. The molecule has 0 fully saturated rings. The van der Waals surface area contributed by atoms with Crippen LogP contribution in [0.3, 0.4) is 0 Å². The van der Waals surface area contributed by atoms with E-state index in [1.165, 1.54) is 5.57 Å². The van der Waals surface area contributed by atoms with Crippen LogP contribution in [0.2, 0.25) is 0 Å². The molecule has 0 saturated carbocycles. The summed E-state index contributed by atoms with van der Waals surface area (Å²) >= 11 is 0. The fourth-order valence-corrected chi connectivity index (χ4v) is 2.61. The highest BCUT2D eigenvalue weighted by Crippen LogP contribution is 2.42. The first kappa shape index (κ1) is 16.2. The van der Waals surface area contributed by atoms with E-state index in [1.54, 1.807) is 0 Å². The molecule has 2 atom stereocenters. The maximum Gasteiger partial charge on any atom is 0.120 e. The second-order valence-electron chi connectivity index (χ2n) is 7.63. The Hall–Kier alpha value is -0.890. The van der Waals surface area contributed by atoms with Crippen molar-refractivity contribution in [1.29, 1.82) is 0 Å². The van der Waals surface area contributed by atoms with E-state index in [0.717, 1.165) is 18.3 Å². The Bertz CT molecular complexity index is 388. The van der Waals surface area contributed by atoms with Gasteiger partial charge in [-0.15, -0.1) is 0 Å². The molecule has 0 spiro atoms. The summed E-state index contributed by atoms with van der Waals surface area (Å²) in [5.41, 5.74) is 2.22. The summed E-state index contributed by atoms with van der Waals surface area (Å²) in [5, 5.41) is 10.7. The van der Waals surface area contributed by atoms with E-state index in [4.69, 9.17) is 0 Å². The molecule has 1 N–H and O–H groups in total. The molecule has 1 aliphatic carbocycles. The molecule has 0 radical (unpaired) electrons. The third-order valence-electron chi connectivity index (χ3n) is 3.81. The molecule has 0 aromatic carbocycles. The lowest BCUT2D eigenvalue weighted by Crippen LogP contribution is -2.37. The van der Waals surface area contributed by atoms with Crippen LogP contribution in [-0.4, -0.2) is 17.5 Å². The van der Waals surface area contributed by atoms with Crippen LogP contribution >= 0.6 is 0 Å². The number of rotatable bonds is 3. The summed E-state index contributed by atoms with van der Waals surface area (Å²) in [6, 6.07) is 0. The number of carbonyl (C=O) groups excluding carboxylic acids is 1. The zero-order valence-corrected chi connectivity index (χ0v) is 13.2. The van der Waals surface area contributed by atoms with Gasteiger partial charge in [0.25, 0.3) is 0 Å². The molecule has 2 unspecified atom stereocenters. The number of hydrogen-bond donors (Lipinski definition) is 1. The van der Waals surface area contributed by atoms with Crippen LogP contribution in [0.5, 0.6) is 0 Å². The highest BCUT2D eigenvalue weighted by Gasteiger charge is 2.37. The molecule has 108 valence electrons. The van der Waals surface area contributed by atoms with Crippen molar-refractivity contribution in [3.63, 3.8) is 0 Å². The Labute approximate surface area is 117 Å². The largest absolute Gasteiger partial charge is 0.388 e. The number of aliphatic hydroxyl groups excluding tert-OH is 1. The molecule has 1 rings (SSSR count). The highest BCUT2D eigenvalue weighted by molar-refractivity contribution is 5.51. The summed E-state index contributed by atoms with van der Waals surface area (Å²) in [5.74, 6) is 0.105. The van der Waals surface area contributed by atoms with Crippen LogP contribution in [0, 0.1) is 16.7 Å². The van der Waals surface area contributed by atoms with Crippen molar-refractivity contribution in [3.05, 3.63) is 23.3 Å². The maximum absolute atomic E-state index is 10.7. The minimum atomic E-state index is -0.431. The molecule has 0 aromatic rings. The minimum Gasteiger partial charge on any atom is -0.388 e. The summed E-state index contributed by atoms with van der Waals surface area (Å²) in [6.45, 7) is 12.8. The van der Waals surface area contributed by atoms with Gasteiger partial charge in [0.05, 0.1) is 6.10 Å². The van der Waals surface area contributed by atoms with Crippen LogP contribution in [0.4, 0.5) is 0 Å². The predicted octanol–water partition coefficient (Wildman–Crippen LogP) is 3.90. The lowest BCUT2D eigenvalue weighted by Gasteiger charge is -2.40. The zero-order valence-electron chi connectivity index (χ0n) is 13.2. The minimum absolute atomic E-state index is 0.0105. The number of aldehydes is 1. The Morgan fingerprint density at radius 1 is 1.21 bits per heavy atom. The number of carbonyl (C=O) groups is 1. The van der Waals surface area contributed by atoms with Gasteiger partial charge in [0.2, 0.25) is 0 Å². The van der Waals surface area contributed by atoms with Crippen LogP contribution in [0.1, 0.15) is 54.4 Å². The van der Waals surface area contributed by atoms with Crippen molar-refractivity contribution in [1.82, 2.24) is 0 Å². The summed E-state index contributed by atoms with van der Waals surface area (Å²) in [7, 11) is 0. The van der Waals surface area contributed by atoms with Gasteiger partial charge in [-0.1, -0.05) is 59.3 Å². The van der Waals surface area contributed by atoms with Gasteiger partial charge in [-0.05, 0) is 22.8 Å². The zero-order chi connectivity index (χ0) is 14.8. The Morgan fingerprint density at radius 2 is 1.79 bits per heavy atom. The lowest BCUT2D eigenvalue weighted by molar-refractivity contribution is -0.107. The molecule has 0 heterocycles. The smallest absolute Gasteiger partial charge is 0.120 e. The SMILES string of the molecule is CC(C)(C)C1=CC(CCC=O)=CC(C(C)(C)C)C1O. The number of aliphatic hydroxyl groups is 1. The summed E-state index contributed by atoms with van der Waals surface area (Å²) in [4.78, 5) is 10.6. The van der Waals surface area contributed by atoms with Crippen LogP contribution in [0.25, 0.3) is 0 Å². The van der Waals surface area contributed by atoms with Gasteiger partial charge in [-0.25, -0.2) is 0 Å². The number of hydrogen-bond acceptors (Lipinski definition) is 2. The molecule has 19 heavy (non-hydrogen) atoms. The molecule has 0 saturated heterocycles. The molecule has 2 nitrogen and oxygen atoms in total. The summed E-state index contributed by atoms with van der Waals surface area (Å²) in [6.07, 6.45) is 6.09. The van der Waals surface area contributed by atoms with Crippen molar-refractivity contribution >= 4 is 6.29 Å². The van der Waals surface area contributed by atoms with Crippen molar-refractivity contribution in [2.45, 2.75) is 60.5 Å². The van der Waals surface area contributed by atoms with E-state index >= 15 is 0 Å². The van der Waals surface area contributed by atoms with Gasteiger partial charge < -0.3 is 9.90 Å². The molecule has 0 aliphatic heterocycles. The Kier molecular flexibility index (Phi) is 4.78. The second-order valence-corrected chi connectivity index (χ2v) is 7.63. The maximum atomic E-state index is 10.7. The van der Waals surface area contributed by atoms with Crippen LogP contribution in [-0.2, 0) is 4.79 Å². The lowest BCUT2D eigenvalue weighted by atomic mass is 9.67. The molecular weight excluding hydrogens is 236 g/mol. The molecule has 2 heteroatoms. The van der Waals surface area contributed by atoms with E-state index in [9.17, 15) is 9.90 Å². The molecular formula is C17H28O2. The quantitative estimate of drug-likeness (QED) is 0.785. The third kappa shape index (κ3) is 4.04. The first-order valence-corrected chi connectivity index (χ1v) is 7.12. The third-order valence-corrected chi connectivity index (χ3v) is 3.81. The molecule has 0 bridgehead atoms. The normalized spacial score (nSPS) is 24.8. The molecule has 0 amide bonds. The summed E-state index contributed by atoms with van der Waals surface area (Å²) < 4.78 is 0. The van der Waals surface area contributed by atoms with E-state index in [2.05, 4.69) is 53.7 Å². The van der Waals surface area contributed by atoms with Gasteiger partial charge in [-0.2, -0.15) is 0 Å². The van der Waals surface area contributed by atoms with Gasteiger partial charge >= 0.3 is 0 Å². The number of allylic oxidation sites excluding steroid dienone is 2. The van der Waals surface area contributed by atoms with Crippen molar-refractivity contribution in [2.75, 3.05) is 0 Å². The first-order valence-electron chi connectivity index (χ1n) is 7.12. The van der Waals surface area contributed by atoms with Crippen molar-refractivity contribution < 1.29 is 9.90 Å². The van der Waals surface area contributed by atoms with E-state index < -0.39 is 6.10 Å². The van der Waals surface area contributed by atoms with Crippen molar-refractivity contribution in [3.8, 4) is 0 Å². The van der Waals surface area contributed by atoms with E-state index in [1.807, 2.05) is 0 Å². The second kappa shape index (κ2) is 5.62. The van der Waals surface area contributed by atoms with Gasteiger partial charge in [0.1, 0.15) is 6.29 Å². The standard InChI is InChI=1S/C17H28O2/c1-16(2,3)13-10-12(8-7-9-18)11-14(15(13)19)17(4,5)6/h9-11,13,15,19H,7-8H2,1-6H3. The topological polar surface area (TPSA) is 37.3 Å². The average molecular weight is 264 g/mol. The van der Waals surface area contributed by atoms with Gasteiger partial charge in [0, 0.05) is 12.3 Å². The van der Waals surface area contributed by atoms with E-state index in [0.29, 0.717) is 6.42 Å². The van der Waals surface area contributed by atoms with E-state index in [-0.39, 0.29) is 16.7 Å². The Morgan fingerprint density at radius 3 is 2.21 bits per heavy atom. The molecule has 0 aromatic heterocycles. The first-order chi connectivity index (χ1) is 8.57. The fourth-order valence-electron chi connectivity index (χ4n) is 2.61. The van der Waals surface area contributed by atoms with Crippen LogP contribution in [0.15, 0.2) is 23.3 Å². The fraction of sp³-hybridized carbons (Fsp3) is 0.706. The van der Waals surface area contributed by atoms with Gasteiger partial charge in [-0.3, -0.25) is 0 Å². The predicted molar refractivity (Wildman–Crippen MR) is 79.9 cm³/mol. The molecule has 1 aliphatic rings. The van der Waals surface area contributed by atoms with Gasteiger partial charge in [0.15, 0.2) is 0 Å². The Balaban J connectivity index is 3.15. The van der Waals surface area contributed by atoms with Crippen LogP contribution < -0.4 is 0 Å². The average Bonchev–Trinajstić information content (AvgIpc) is 2.24. The monoisotopic (exact) mass is 264 g/mol. The van der Waals surface area contributed by atoms with Crippen molar-refractivity contribution in [2.24, 2.45) is 16.7 Å².